The van der Waals surface area contributed by atoms with Gasteiger partial charge >= 0.3 is 17.7 Å². The molecule has 1 heterocycles. The molecule has 0 saturated carbocycles. The summed E-state index contributed by atoms with van der Waals surface area (Å²) in [6.45, 7) is 10.2. The van der Waals surface area contributed by atoms with Crippen molar-refractivity contribution in [2.75, 3.05) is 0 Å². The molecule has 4 aromatic rings. The molecule has 3 aromatic carbocycles. The third kappa shape index (κ3) is 4.54. The zero-order valence-corrected chi connectivity index (χ0v) is 17.9. The number of aromatic nitrogens is 1. The van der Waals surface area contributed by atoms with Crippen molar-refractivity contribution in [3.8, 4) is 23.0 Å². The first-order chi connectivity index (χ1) is 15.7. The fraction of sp³-hybridized carbons (Fsp3) is 0.0800. The van der Waals surface area contributed by atoms with E-state index in [9.17, 15) is 14.4 Å². The maximum Gasteiger partial charge on any atom is 0.417 e. The fourth-order valence-corrected chi connectivity index (χ4v) is 3.02. The molecule has 0 amide bonds. The third-order valence-electron chi connectivity index (χ3n) is 4.61. The SMILES string of the molecule is C=C(C)C(=O)Oc1ccc2cccc(Oc3cc(OC(=O)C(=C)C)c4oc(=O)[nH]c4c3)c2c1. The molecule has 8 nitrogen and oxygen atoms in total. The first-order valence-corrected chi connectivity index (χ1v) is 9.84. The van der Waals surface area contributed by atoms with Crippen LogP contribution in [0.25, 0.3) is 21.9 Å². The highest BCUT2D eigenvalue weighted by Crippen LogP contribution is 2.36. The topological polar surface area (TPSA) is 108 Å². The summed E-state index contributed by atoms with van der Waals surface area (Å²) in [5, 5.41) is 1.51. The Morgan fingerprint density at radius 1 is 0.879 bits per heavy atom. The summed E-state index contributed by atoms with van der Waals surface area (Å²) in [6, 6.07) is 13.5. The standard InChI is InChI=1S/C25H19NO7/c1-13(2)23(27)31-16-9-8-15-6-5-7-20(18(15)10-16)30-17-11-19-22(33-25(29)26-19)21(12-17)32-24(28)14(3)4/h5-12H,1,3H2,2,4H3,(H,26,29). The Bertz CT molecular complexity index is 1510. The minimum atomic E-state index is -0.705. The molecule has 0 bridgehead atoms. The molecule has 0 radical (unpaired) electrons. The van der Waals surface area contributed by atoms with Crippen LogP contribution in [0.2, 0.25) is 0 Å². The van der Waals surface area contributed by atoms with Crippen LogP contribution in [0.4, 0.5) is 0 Å². The van der Waals surface area contributed by atoms with Crippen LogP contribution in [-0.4, -0.2) is 16.9 Å². The highest BCUT2D eigenvalue weighted by Gasteiger charge is 2.17. The second-order valence-electron chi connectivity index (χ2n) is 7.39. The van der Waals surface area contributed by atoms with Gasteiger partial charge in [-0.05, 0) is 37.4 Å². The van der Waals surface area contributed by atoms with E-state index in [0.717, 1.165) is 5.39 Å². The second-order valence-corrected chi connectivity index (χ2v) is 7.39. The molecule has 33 heavy (non-hydrogen) atoms. The number of esters is 2. The number of carbonyl (C=O) groups excluding carboxylic acids is 2. The Kier molecular flexibility index (Phi) is 5.58. The van der Waals surface area contributed by atoms with Gasteiger partial charge in [0.2, 0.25) is 0 Å². The Labute approximate surface area is 187 Å². The molecule has 0 aliphatic rings. The zero-order chi connectivity index (χ0) is 23.7. The summed E-state index contributed by atoms with van der Waals surface area (Å²) < 4.78 is 21.8. The average molecular weight is 445 g/mol. The van der Waals surface area contributed by atoms with Crippen molar-refractivity contribution >= 4 is 33.8 Å². The number of oxazole rings is 1. The third-order valence-corrected chi connectivity index (χ3v) is 4.61. The number of fused-ring (bicyclic) bond motifs is 2. The Morgan fingerprint density at radius 2 is 1.61 bits per heavy atom. The van der Waals surface area contributed by atoms with Gasteiger partial charge in [-0.15, -0.1) is 0 Å². The lowest BCUT2D eigenvalue weighted by molar-refractivity contribution is -0.130. The zero-order valence-electron chi connectivity index (χ0n) is 17.9. The number of H-pyrrole nitrogens is 1. The van der Waals surface area contributed by atoms with Gasteiger partial charge < -0.3 is 18.6 Å². The van der Waals surface area contributed by atoms with E-state index in [0.29, 0.717) is 22.4 Å². The molecular weight excluding hydrogens is 426 g/mol. The van der Waals surface area contributed by atoms with Crippen LogP contribution in [0.15, 0.2) is 82.0 Å². The van der Waals surface area contributed by atoms with Crippen molar-refractivity contribution < 1.29 is 28.2 Å². The average Bonchev–Trinajstić information content (AvgIpc) is 3.14. The molecule has 166 valence electrons. The monoisotopic (exact) mass is 445 g/mol. The predicted octanol–water partition coefficient (Wildman–Crippen LogP) is 5.03. The summed E-state index contributed by atoms with van der Waals surface area (Å²) >= 11 is 0. The van der Waals surface area contributed by atoms with Crippen LogP contribution in [0.3, 0.4) is 0 Å². The Balaban J connectivity index is 1.75. The van der Waals surface area contributed by atoms with Crippen molar-refractivity contribution in [3.63, 3.8) is 0 Å². The summed E-state index contributed by atoms with van der Waals surface area (Å²) in [7, 11) is 0. The van der Waals surface area contributed by atoms with Crippen molar-refractivity contribution in [2.45, 2.75) is 13.8 Å². The number of benzene rings is 3. The van der Waals surface area contributed by atoms with Crippen molar-refractivity contribution in [1.29, 1.82) is 0 Å². The molecular formula is C25H19NO7. The maximum atomic E-state index is 12.0. The molecule has 0 atom stereocenters. The molecule has 0 spiro atoms. The number of hydrogen-bond acceptors (Lipinski definition) is 7. The van der Waals surface area contributed by atoms with Crippen LogP contribution < -0.4 is 20.0 Å². The quantitative estimate of drug-likeness (QED) is 0.252. The van der Waals surface area contributed by atoms with Crippen LogP contribution in [-0.2, 0) is 9.59 Å². The molecule has 1 aromatic heterocycles. The van der Waals surface area contributed by atoms with Gasteiger partial charge in [0.25, 0.3) is 0 Å². The van der Waals surface area contributed by atoms with Gasteiger partial charge in [-0.3, -0.25) is 4.98 Å². The molecule has 0 saturated heterocycles. The molecule has 0 aliphatic carbocycles. The van der Waals surface area contributed by atoms with Gasteiger partial charge in [-0.2, -0.15) is 0 Å². The number of aromatic amines is 1. The minimum Gasteiger partial charge on any atom is -0.456 e. The van der Waals surface area contributed by atoms with Gasteiger partial charge in [0.15, 0.2) is 11.3 Å². The lowest BCUT2D eigenvalue weighted by Crippen LogP contribution is -2.08. The number of carbonyl (C=O) groups is 2. The van der Waals surface area contributed by atoms with Gasteiger partial charge in [0.1, 0.15) is 17.2 Å². The first kappa shape index (κ1) is 21.6. The van der Waals surface area contributed by atoms with E-state index < -0.39 is 17.7 Å². The van der Waals surface area contributed by atoms with Gasteiger partial charge in [-0.1, -0.05) is 31.4 Å². The molecule has 1 N–H and O–H groups in total. The molecule has 0 aliphatic heterocycles. The summed E-state index contributed by atoms with van der Waals surface area (Å²) in [5.74, 6) is -0.854. The number of nitrogens with one attached hydrogen (secondary N) is 1. The molecule has 0 fully saturated rings. The van der Waals surface area contributed by atoms with E-state index >= 15 is 0 Å². The maximum absolute atomic E-state index is 12.0. The van der Waals surface area contributed by atoms with Crippen LogP contribution in [0.1, 0.15) is 13.8 Å². The summed E-state index contributed by atoms with van der Waals surface area (Å²) in [5.41, 5.74) is 0.823. The summed E-state index contributed by atoms with van der Waals surface area (Å²) in [6.07, 6.45) is 0. The number of hydrogen-bond donors (Lipinski definition) is 1. The Morgan fingerprint density at radius 3 is 2.33 bits per heavy atom. The number of ether oxygens (including phenoxy) is 3. The van der Waals surface area contributed by atoms with E-state index in [2.05, 4.69) is 18.1 Å². The van der Waals surface area contributed by atoms with Crippen LogP contribution in [0, 0.1) is 0 Å². The lowest BCUT2D eigenvalue weighted by atomic mass is 10.1. The fourth-order valence-electron chi connectivity index (χ4n) is 3.02. The van der Waals surface area contributed by atoms with E-state index in [1.807, 2.05) is 6.07 Å². The van der Waals surface area contributed by atoms with Crippen molar-refractivity contribution in [1.82, 2.24) is 4.98 Å². The van der Waals surface area contributed by atoms with Crippen LogP contribution in [0.5, 0.6) is 23.0 Å². The highest BCUT2D eigenvalue weighted by molar-refractivity contribution is 5.93. The predicted molar refractivity (Wildman–Crippen MR) is 122 cm³/mol. The van der Waals surface area contributed by atoms with E-state index in [4.69, 9.17) is 18.6 Å². The minimum absolute atomic E-state index is 0.00478. The van der Waals surface area contributed by atoms with Crippen molar-refractivity contribution in [2.24, 2.45) is 0 Å². The molecule has 0 unspecified atom stereocenters. The first-order valence-electron chi connectivity index (χ1n) is 9.84. The van der Waals surface area contributed by atoms with Gasteiger partial charge in [0, 0.05) is 28.7 Å². The largest absolute Gasteiger partial charge is 0.456 e. The summed E-state index contributed by atoms with van der Waals surface area (Å²) in [4.78, 5) is 38.2. The van der Waals surface area contributed by atoms with Crippen LogP contribution >= 0.6 is 0 Å². The molecule has 8 heteroatoms. The van der Waals surface area contributed by atoms with E-state index in [1.165, 1.54) is 13.0 Å². The van der Waals surface area contributed by atoms with Crippen molar-refractivity contribution in [3.05, 3.63) is 83.4 Å². The highest BCUT2D eigenvalue weighted by atomic mass is 16.5. The van der Waals surface area contributed by atoms with Gasteiger partial charge in [0.05, 0.1) is 5.52 Å². The normalized spacial score (nSPS) is 10.7. The lowest BCUT2D eigenvalue weighted by Gasteiger charge is -2.12. The van der Waals surface area contributed by atoms with E-state index in [-0.39, 0.29) is 28.2 Å². The second kappa shape index (κ2) is 8.51. The number of rotatable bonds is 6. The smallest absolute Gasteiger partial charge is 0.417 e. The molecule has 4 rings (SSSR count). The van der Waals surface area contributed by atoms with Gasteiger partial charge in [-0.25, -0.2) is 14.4 Å². The van der Waals surface area contributed by atoms with E-state index in [1.54, 1.807) is 43.3 Å². The Hall–Kier alpha value is -4.59.